The normalized spacial score (nSPS) is 19.6. The van der Waals surface area contributed by atoms with E-state index in [0.29, 0.717) is 6.04 Å². The molecule has 4 nitrogen and oxygen atoms in total. The average molecular weight is 275 g/mol. The molecular formula is C16H25N3O. The highest BCUT2D eigenvalue weighted by Crippen LogP contribution is 2.20. The van der Waals surface area contributed by atoms with Gasteiger partial charge in [0.2, 0.25) is 0 Å². The highest BCUT2D eigenvalue weighted by atomic mass is 16.2. The van der Waals surface area contributed by atoms with E-state index < -0.39 is 0 Å². The molecule has 1 aromatic carbocycles. The van der Waals surface area contributed by atoms with Crippen LogP contribution in [0.4, 0.5) is 5.69 Å². The van der Waals surface area contributed by atoms with Crippen LogP contribution in [-0.4, -0.2) is 55.5 Å². The van der Waals surface area contributed by atoms with Gasteiger partial charge < -0.3 is 15.1 Å². The number of rotatable bonds is 4. The van der Waals surface area contributed by atoms with Crippen molar-refractivity contribution in [1.82, 2.24) is 9.80 Å². The van der Waals surface area contributed by atoms with Gasteiger partial charge >= 0.3 is 0 Å². The number of carbonyl (C=O) groups excluding carboxylic acids is 1. The number of likely N-dealkylation sites (tertiary alicyclic amines) is 1. The Morgan fingerprint density at radius 1 is 1.45 bits per heavy atom. The van der Waals surface area contributed by atoms with E-state index in [0.717, 1.165) is 43.7 Å². The molecule has 0 bridgehead atoms. The number of anilines is 1. The molecule has 1 fully saturated rings. The predicted octanol–water partition coefficient (Wildman–Crippen LogP) is 2.28. The van der Waals surface area contributed by atoms with Crippen LogP contribution >= 0.6 is 0 Å². The van der Waals surface area contributed by atoms with E-state index in [1.165, 1.54) is 0 Å². The number of carbonyl (C=O) groups is 1. The van der Waals surface area contributed by atoms with Crippen LogP contribution in [0, 0.1) is 0 Å². The fourth-order valence-corrected chi connectivity index (χ4v) is 2.83. The van der Waals surface area contributed by atoms with Crippen molar-refractivity contribution in [2.24, 2.45) is 0 Å². The van der Waals surface area contributed by atoms with E-state index in [2.05, 4.69) is 17.3 Å². The second-order valence-corrected chi connectivity index (χ2v) is 5.55. The number of benzene rings is 1. The van der Waals surface area contributed by atoms with Crippen LogP contribution in [0.15, 0.2) is 24.3 Å². The Morgan fingerprint density at radius 2 is 2.20 bits per heavy atom. The van der Waals surface area contributed by atoms with Gasteiger partial charge in [-0.25, -0.2) is 0 Å². The first-order chi connectivity index (χ1) is 9.63. The quantitative estimate of drug-likeness (QED) is 0.915. The Morgan fingerprint density at radius 3 is 2.90 bits per heavy atom. The van der Waals surface area contributed by atoms with E-state index in [-0.39, 0.29) is 5.91 Å². The van der Waals surface area contributed by atoms with Gasteiger partial charge in [-0.3, -0.25) is 4.79 Å². The SMILES string of the molecule is CCNc1ccccc1C(=O)N(C)C1CCCN(C)C1. The molecule has 0 aromatic heterocycles. The molecule has 20 heavy (non-hydrogen) atoms. The molecule has 1 aliphatic rings. The molecule has 1 unspecified atom stereocenters. The summed E-state index contributed by atoms with van der Waals surface area (Å²) in [6, 6.07) is 8.08. The number of nitrogens with zero attached hydrogens (tertiary/aromatic N) is 2. The van der Waals surface area contributed by atoms with Crippen LogP contribution in [0.2, 0.25) is 0 Å². The second-order valence-electron chi connectivity index (χ2n) is 5.55. The number of amides is 1. The molecule has 0 saturated carbocycles. The molecule has 0 radical (unpaired) electrons. The zero-order chi connectivity index (χ0) is 14.5. The van der Waals surface area contributed by atoms with Gasteiger partial charge in [0.25, 0.3) is 5.91 Å². The van der Waals surface area contributed by atoms with Crippen LogP contribution in [0.5, 0.6) is 0 Å². The molecule has 1 N–H and O–H groups in total. The number of piperidine rings is 1. The standard InChI is InChI=1S/C16H25N3O/c1-4-17-15-10-6-5-9-14(15)16(20)19(3)13-8-7-11-18(2)12-13/h5-6,9-10,13,17H,4,7-8,11-12H2,1-3H3. The van der Waals surface area contributed by atoms with Crippen molar-refractivity contribution in [2.75, 3.05) is 39.0 Å². The van der Waals surface area contributed by atoms with Crippen LogP contribution in [-0.2, 0) is 0 Å². The number of likely N-dealkylation sites (N-methyl/N-ethyl adjacent to an activating group) is 2. The zero-order valence-corrected chi connectivity index (χ0v) is 12.7. The number of nitrogens with one attached hydrogen (secondary N) is 1. The van der Waals surface area contributed by atoms with Crippen LogP contribution in [0.3, 0.4) is 0 Å². The van der Waals surface area contributed by atoms with Crippen molar-refractivity contribution in [2.45, 2.75) is 25.8 Å². The van der Waals surface area contributed by atoms with E-state index >= 15 is 0 Å². The van der Waals surface area contributed by atoms with Crippen molar-refractivity contribution < 1.29 is 4.79 Å². The summed E-state index contributed by atoms with van der Waals surface area (Å²) >= 11 is 0. The van der Waals surface area contributed by atoms with Gasteiger partial charge in [0.15, 0.2) is 0 Å². The van der Waals surface area contributed by atoms with Crippen molar-refractivity contribution in [1.29, 1.82) is 0 Å². The monoisotopic (exact) mass is 275 g/mol. The molecule has 0 spiro atoms. The minimum Gasteiger partial charge on any atom is -0.385 e. The first-order valence-electron chi connectivity index (χ1n) is 7.42. The van der Waals surface area contributed by atoms with Gasteiger partial charge in [-0.05, 0) is 45.5 Å². The fourth-order valence-electron chi connectivity index (χ4n) is 2.83. The molecule has 0 aliphatic carbocycles. The number of hydrogen-bond acceptors (Lipinski definition) is 3. The lowest BCUT2D eigenvalue weighted by Crippen LogP contribution is -2.47. The van der Waals surface area contributed by atoms with Gasteiger partial charge in [0.1, 0.15) is 0 Å². The summed E-state index contributed by atoms with van der Waals surface area (Å²) < 4.78 is 0. The molecule has 1 saturated heterocycles. The summed E-state index contributed by atoms with van der Waals surface area (Å²) in [4.78, 5) is 16.9. The smallest absolute Gasteiger partial charge is 0.255 e. The number of hydrogen-bond donors (Lipinski definition) is 1. The molecule has 1 aromatic rings. The van der Waals surface area contributed by atoms with Gasteiger partial charge in [-0.1, -0.05) is 12.1 Å². The van der Waals surface area contributed by atoms with Gasteiger partial charge in [0.05, 0.1) is 5.56 Å². The van der Waals surface area contributed by atoms with Crippen molar-refractivity contribution in [3.8, 4) is 0 Å². The summed E-state index contributed by atoms with van der Waals surface area (Å²) in [7, 11) is 4.05. The van der Waals surface area contributed by atoms with Crippen molar-refractivity contribution in [3.63, 3.8) is 0 Å². The van der Waals surface area contributed by atoms with Crippen LogP contribution < -0.4 is 5.32 Å². The largest absolute Gasteiger partial charge is 0.385 e. The Balaban J connectivity index is 2.13. The maximum atomic E-state index is 12.7. The Hall–Kier alpha value is -1.55. The molecule has 1 heterocycles. The van der Waals surface area contributed by atoms with E-state index in [1.54, 1.807) is 0 Å². The van der Waals surface area contributed by atoms with E-state index in [9.17, 15) is 4.79 Å². The predicted molar refractivity (Wildman–Crippen MR) is 83.2 cm³/mol. The Bertz CT molecular complexity index is 461. The van der Waals surface area contributed by atoms with Gasteiger partial charge in [-0.2, -0.15) is 0 Å². The highest BCUT2D eigenvalue weighted by Gasteiger charge is 2.26. The third-order valence-electron chi connectivity index (χ3n) is 3.99. The minimum atomic E-state index is 0.113. The lowest BCUT2D eigenvalue weighted by atomic mass is 10.0. The van der Waals surface area contributed by atoms with Crippen molar-refractivity contribution in [3.05, 3.63) is 29.8 Å². The first-order valence-corrected chi connectivity index (χ1v) is 7.42. The Labute approximate surface area is 121 Å². The van der Waals surface area contributed by atoms with Crippen molar-refractivity contribution >= 4 is 11.6 Å². The molecule has 2 rings (SSSR count). The minimum absolute atomic E-state index is 0.113. The van der Waals surface area contributed by atoms with Crippen LogP contribution in [0.1, 0.15) is 30.1 Å². The lowest BCUT2D eigenvalue weighted by Gasteiger charge is -2.36. The first kappa shape index (κ1) is 14.9. The zero-order valence-electron chi connectivity index (χ0n) is 12.7. The second kappa shape index (κ2) is 6.75. The topological polar surface area (TPSA) is 35.6 Å². The summed E-state index contributed by atoms with van der Waals surface area (Å²) in [6.45, 7) is 4.96. The summed E-state index contributed by atoms with van der Waals surface area (Å²) in [6.07, 6.45) is 2.25. The van der Waals surface area contributed by atoms with E-state index in [4.69, 9.17) is 0 Å². The molecule has 110 valence electrons. The van der Waals surface area contributed by atoms with Crippen LogP contribution in [0.25, 0.3) is 0 Å². The Kier molecular flexibility index (Phi) is 5.01. The third kappa shape index (κ3) is 3.31. The molecule has 1 atom stereocenters. The highest BCUT2D eigenvalue weighted by molar-refractivity contribution is 5.99. The lowest BCUT2D eigenvalue weighted by molar-refractivity contribution is 0.0645. The maximum Gasteiger partial charge on any atom is 0.255 e. The third-order valence-corrected chi connectivity index (χ3v) is 3.99. The van der Waals surface area contributed by atoms with E-state index in [1.807, 2.05) is 43.1 Å². The molecule has 1 amide bonds. The fraction of sp³-hybridized carbons (Fsp3) is 0.562. The summed E-state index contributed by atoms with van der Waals surface area (Å²) in [5.74, 6) is 0.113. The molecular weight excluding hydrogens is 250 g/mol. The summed E-state index contributed by atoms with van der Waals surface area (Å²) in [5.41, 5.74) is 1.70. The molecule has 4 heteroatoms. The number of para-hydroxylation sites is 1. The maximum absolute atomic E-state index is 12.7. The van der Waals surface area contributed by atoms with Gasteiger partial charge in [0, 0.05) is 31.9 Å². The average Bonchev–Trinajstić information content (AvgIpc) is 2.47. The summed E-state index contributed by atoms with van der Waals surface area (Å²) in [5, 5.41) is 3.27. The molecule has 1 aliphatic heterocycles. The van der Waals surface area contributed by atoms with Gasteiger partial charge in [-0.15, -0.1) is 0 Å².